The first-order chi connectivity index (χ1) is 29.9. The Hall–Kier alpha value is -3.30. The summed E-state index contributed by atoms with van der Waals surface area (Å²) in [6.45, 7) is 19.6. The molecule has 1 N–H and O–H groups in total. The molecule has 10 unspecified atom stereocenters. The molecule has 0 aromatic heterocycles. The van der Waals surface area contributed by atoms with Crippen LogP contribution in [0.2, 0.25) is 6.82 Å². The van der Waals surface area contributed by atoms with Crippen LogP contribution in [-0.4, -0.2) is 98.1 Å². The molecular weight excluding hydrogens is 1030 g/mol. The minimum atomic E-state index is -1.00. The predicted octanol–water partition coefficient (Wildman–Crippen LogP) is 10.0. The van der Waals surface area contributed by atoms with Gasteiger partial charge in [-0.3, -0.25) is 24.0 Å². The van der Waals surface area contributed by atoms with Crippen molar-refractivity contribution < 1.29 is 80.4 Å². The third-order valence-corrected chi connectivity index (χ3v) is 10.3. The molecule has 2 saturated heterocycles. The summed E-state index contributed by atoms with van der Waals surface area (Å²) in [6, 6.07) is 11.0. The van der Waals surface area contributed by atoms with Gasteiger partial charge in [-0.25, -0.2) is 0 Å². The summed E-state index contributed by atoms with van der Waals surface area (Å²) in [7, 11) is 0.500. The van der Waals surface area contributed by atoms with Crippen molar-refractivity contribution in [2.45, 2.75) is 120 Å². The van der Waals surface area contributed by atoms with Gasteiger partial charge in [-0.2, -0.15) is 0 Å². The highest BCUT2D eigenvalue weighted by molar-refractivity contribution is 9.10. The van der Waals surface area contributed by atoms with Crippen molar-refractivity contribution in [3.63, 3.8) is 0 Å². The zero-order valence-corrected chi connectivity index (χ0v) is 42.5. The number of rotatable bonds is 9. The van der Waals surface area contributed by atoms with E-state index in [2.05, 4.69) is 31.9 Å². The number of benzene rings is 2. The van der Waals surface area contributed by atoms with Crippen LogP contribution in [0.25, 0.3) is 0 Å². The van der Waals surface area contributed by atoms with Gasteiger partial charge in [0.1, 0.15) is 24.7 Å². The second kappa shape index (κ2) is 34.1. The first-order valence-corrected chi connectivity index (χ1v) is 22.2. The highest BCUT2D eigenvalue weighted by Gasteiger charge is 2.46. The van der Waals surface area contributed by atoms with Gasteiger partial charge in [0.15, 0.2) is 12.2 Å². The molecule has 4 rings (SSSR count). The zero-order chi connectivity index (χ0) is 49.9. The number of aromatic hydroxyl groups is 1. The molecule has 64 heavy (non-hydrogen) atoms. The molecule has 2 aliphatic rings. The van der Waals surface area contributed by atoms with Gasteiger partial charge in [-0.15, -0.1) is 23.2 Å². The Morgan fingerprint density at radius 2 is 1.02 bits per heavy atom. The maximum Gasteiger partial charge on any atom is 0.351 e. The number of carbonyl (C=O) groups is 5. The molecule has 0 amide bonds. The Kier molecular flexibility index (Phi) is 33.4. The van der Waals surface area contributed by atoms with Gasteiger partial charge in [-0.05, 0) is 73.2 Å². The van der Waals surface area contributed by atoms with Crippen LogP contribution in [0.3, 0.4) is 0 Å². The van der Waals surface area contributed by atoms with E-state index < -0.39 is 54.8 Å². The maximum atomic E-state index is 11.6. The van der Waals surface area contributed by atoms with E-state index in [1.807, 2.05) is 71.9 Å². The smallest absolute Gasteiger partial charge is 0.351 e. The zero-order valence-electron chi connectivity index (χ0n) is 37.8. The van der Waals surface area contributed by atoms with Gasteiger partial charge < -0.3 is 47.3 Å². The molecule has 2 aliphatic heterocycles. The van der Waals surface area contributed by atoms with Crippen molar-refractivity contribution in [2.75, 3.05) is 18.6 Å². The molecule has 10 atom stereocenters. The summed E-state index contributed by atoms with van der Waals surface area (Å²) < 4.78 is 71.7. The summed E-state index contributed by atoms with van der Waals surface area (Å²) in [5.41, 5.74) is 1.82. The Bertz CT molecular complexity index is 1720. The van der Waals surface area contributed by atoms with E-state index in [9.17, 15) is 28.3 Å². The van der Waals surface area contributed by atoms with Gasteiger partial charge in [0.2, 0.25) is 12.6 Å². The molecule has 2 fully saturated rings. The fourth-order valence-corrected chi connectivity index (χ4v) is 6.80. The minimum Gasteiger partial charge on any atom is -0.508 e. The fraction of sp³-hybridized carbons (Fsp3) is 0.595. The molecule has 0 bridgehead atoms. The summed E-state index contributed by atoms with van der Waals surface area (Å²) in [5.74, 6) is -1.37. The quantitative estimate of drug-likeness (QED) is 0.109. The normalized spacial score (nSPS) is 24.0. The summed E-state index contributed by atoms with van der Waals surface area (Å²) in [6.07, 6.45) is -3.81. The molecule has 0 aliphatic carbocycles. The Balaban J connectivity index is 0. The van der Waals surface area contributed by atoms with Gasteiger partial charge in [-0.1, -0.05) is 66.4 Å². The summed E-state index contributed by atoms with van der Waals surface area (Å²) in [5, 5.41) is 9.22. The number of phenols is 1. The van der Waals surface area contributed by atoms with Crippen molar-refractivity contribution in [3.05, 3.63) is 56.5 Å². The van der Waals surface area contributed by atoms with Gasteiger partial charge in [0.05, 0.1) is 17.5 Å². The molecular formula is C42H59BBr2Cl2F3O14. The van der Waals surface area contributed by atoms with Crippen LogP contribution in [0.15, 0.2) is 45.3 Å². The topological polar surface area (TPSA) is 179 Å². The highest BCUT2D eigenvalue weighted by Crippen LogP contribution is 2.36. The van der Waals surface area contributed by atoms with E-state index in [1.54, 1.807) is 6.07 Å². The van der Waals surface area contributed by atoms with Crippen molar-refractivity contribution in [1.29, 1.82) is 0 Å². The summed E-state index contributed by atoms with van der Waals surface area (Å²) >= 11 is 16.2. The predicted molar refractivity (Wildman–Crippen MR) is 242 cm³/mol. The lowest BCUT2D eigenvalue weighted by Crippen LogP contribution is -2.54. The second-order valence-electron chi connectivity index (χ2n) is 14.2. The molecule has 363 valence electrons. The number of phenolic OH excluding ortho intramolecular Hbond substituents is 1. The van der Waals surface area contributed by atoms with Crippen molar-refractivity contribution in [2.24, 2.45) is 23.7 Å². The Morgan fingerprint density at radius 3 is 1.36 bits per heavy atom. The molecule has 2 aromatic rings. The number of halogens is 7. The molecule has 22 heteroatoms. The van der Waals surface area contributed by atoms with Crippen LogP contribution in [-0.2, 0) is 57.1 Å². The van der Waals surface area contributed by atoms with Crippen LogP contribution in [0.4, 0.5) is 13.5 Å². The van der Waals surface area contributed by atoms with Crippen LogP contribution >= 0.6 is 55.1 Å². The lowest BCUT2D eigenvalue weighted by atomic mass is 9.83. The second-order valence-corrected chi connectivity index (χ2v) is 16.8. The number of hydrogen-bond donors (Lipinski definition) is 1. The number of ether oxygens (including phenoxy) is 8. The van der Waals surface area contributed by atoms with Crippen molar-refractivity contribution in [3.8, 4) is 11.5 Å². The molecule has 14 nitrogen and oxygen atoms in total. The minimum absolute atomic E-state index is 0.0181. The Labute approximate surface area is 401 Å². The fourth-order valence-electron chi connectivity index (χ4n) is 5.85. The van der Waals surface area contributed by atoms with Crippen molar-refractivity contribution in [1.82, 2.24) is 0 Å². The molecule has 0 saturated carbocycles. The number of aryl methyl sites for hydroxylation is 2. The largest absolute Gasteiger partial charge is 0.508 e. The highest BCUT2D eigenvalue weighted by atomic mass is 79.9. The summed E-state index contributed by atoms with van der Waals surface area (Å²) in [4.78, 5) is 56.0. The molecule has 0 spiro atoms. The third-order valence-electron chi connectivity index (χ3n) is 9.35. The maximum absolute atomic E-state index is 11.6. The monoisotopic (exact) mass is 1080 g/mol. The average molecular weight is 1090 g/mol. The van der Waals surface area contributed by atoms with E-state index in [0.29, 0.717) is 19.1 Å². The van der Waals surface area contributed by atoms with E-state index >= 15 is 0 Å². The lowest BCUT2D eigenvalue weighted by Gasteiger charge is -2.43. The van der Waals surface area contributed by atoms with Crippen LogP contribution in [0.1, 0.15) is 73.4 Å². The SMILES string of the molecule is CC(=O)OCC1OC(OC(C)=O)C(OC(C)=O)C(C)C1C.CC(=O)OCC1OC(Oc2ccc(Br)cc2C)C(OC(C)=O)C(C)C1C.C[B]F.Cc1cc(Br)ccc1O.ClCCl.FF. The van der Waals surface area contributed by atoms with Crippen LogP contribution in [0.5, 0.6) is 11.5 Å². The third kappa shape index (κ3) is 24.8. The van der Waals surface area contributed by atoms with E-state index in [-0.39, 0.29) is 54.3 Å². The first kappa shape index (κ1) is 62.8. The first-order valence-electron chi connectivity index (χ1n) is 19.6. The standard InChI is InChI=1S/C19H25BrO6.C14H22O7.C7H7BrO.CH3BF.CH2Cl2.F2/c1-10-8-15(20)6-7-16(10)25-19-18(24-14(5)22)12(3)11(2)17(26-19)9-23-13(4)21;1-7-8(2)13(19-10(4)16)14(20-11(5)17)21-12(7)6-18-9(3)15;1-5-4-6(8)2-3-7(5)9;1-2-3;2-1-3;1-2/h6-8,11-12,17-19H,9H2,1-5H3;7-8,12-14H,6H2,1-5H3;2-4,9H,1H3;1H3;1H2;. The Morgan fingerprint density at radius 1 is 0.656 bits per heavy atom. The van der Waals surface area contributed by atoms with Crippen LogP contribution in [0, 0.1) is 37.5 Å². The lowest BCUT2D eigenvalue weighted by molar-refractivity contribution is -0.271. The molecule has 1 radical (unpaired) electrons. The number of alkyl halides is 2. The average Bonchev–Trinajstić information content (AvgIpc) is 3.20. The van der Waals surface area contributed by atoms with Gasteiger partial charge in [0.25, 0.3) is 0 Å². The number of carbonyl (C=O) groups excluding carboxylic acids is 5. The molecule has 2 aromatic carbocycles. The van der Waals surface area contributed by atoms with Crippen LogP contribution < -0.4 is 4.74 Å². The van der Waals surface area contributed by atoms with Crippen molar-refractivity contribution >= 4 is 92.5 Å². The van der Waals surface area contributed by atoms with E-state index in [0.717, 1.165) is 20.1 Å². The van der Waals surface area contributed by atoms with E-state index in [1.165, 1.54) is 41.4 Å². The molecule has 2 heterocycles. The number of esters is 5. The number of hydrogen-bond acceptors (Lipinski definition) is 14. The van der Waals surface area contributed by atoms with Gasteiger partial charge >= 0.3 is 37.4 Å². The van der Waals surface area contributed by atoms with Gasteiger partial charge in [0, 0.05) is 64.5 Å². The van der Waals surface area contributed by atoms with E-state index in [4.69, 9.17) is 75.4 Å².